The first-order valence-corrected chi connectivity index (χ1v) is 7.73. The zero-order valence-electron chi connectivity index (χ0n) is 9.88. The molecule has 0 fully saturated rings. The second-order valence-electron chi connectivity index (χ2n) is 3.95. The smallest absolute Gasteiger partial charge is 0.255 e. The predicted molar refractivity (Wildman–Crippen MR) is 90.7 cm³/mol. The van der Waals surface area contributed by atoms with Gasteiger partial charge in [-0.05, 0) is 46.3 Å². The van der Waals surface area contributed by atoms with Crippen LogP contribution in [0.1, 0.15) is 10.4 Å². The van der Waals surface area contributed by atoms with E-state index in [-0.39, 0.29) is 10.9 Å². The quantitative estimate of drug-likeness (QED) is 0.490. The van der Waals surface area contributed by atoms with Gasteiger partial charge >= 0.3 is 0 Å². The Morgan fingerprint density at radius 3 is 2.45 bits per heavy atom. The molecule has 0 spiro atoms. The molecule has 2 rings (SSSR count). The zero-order chi connectivity index (χ0) is 14.9. The molecule has 2 aromatic rings. The van der Waals surface area contributed by atoms with Gasteiger partial charge in [0.2, 0.25) is 0 Å². The van der Waals surface area contributed by atoms with Crippen molar-refractivity contribution in [2.24, 2.45) is 0 Å². The van der Waals surface area contributed by atoms with Gasteiger partial charge in [-0.1, -0.05) is 39.1 Å². The third-order valence-corrected chi connectivity index (χ3v) is 4.69. The Hall–Kier alpha value is -0.750. The predicted octanol–water partition coefficient (Wildman–Crippen LogP) is 5.35. The molecular formula is C13H8Br2Cl2N2O. The summed E-state index contributed by atoms with van der Waals surface area (Å²) < 4.78 is 1.39. The first kappa shape index (κ1) is 15.6. The van der Waals surface area contributed by atoms with Crippen LogP contribution >= 0.6 is 55.1 Å². The van der Waals surface area contributed by atoms with Gasteiger partial charge in [-0.3, -0.25) is 4.79 Å². The highest BCUT2D eigenvalue weighted by Crippen LogP contribution is 2.36. The maximum atomic E-state index is 12.2. The number of nitrogens with two attached hydrogens (primary N) is 1. The SMILES string of the molecule is Nc1cc(Br)cc(C(=O)Nc2ccc(Br)c(Cl)c2Cl)c1. The molecule has 0 aromatic heterocycles. The molecule has 0 aliphatic carbocycles. The van der Waals surface area contributed by atoms with Crippen molar-refractivity contribution in [3.63, 3.8) is 0 Å². The third kappa shape index (κ3) is 3.47. The molecule has 7 heteroatoms. The maximum Gasteiger partial charge on any atom is 0.255 e. The summed E-state index contributed by atoms with van der Waals surface area (Å²) in [6, 6.07) is 8.32. The van der Waals surface area contributed by atoms with Gasteiger partial charge in [-0.25, -0.2) is 0 Å². The van der Waals surface area contributed by atoms with Crippen molar-refractivity contribution >= 4 is 72.3 Å². The second-order valence-corrected chi connectivity index (χ2v) is 6.48. The van der Waals surface area contributed by atoms with Crippen molar-refractivity contribution in [2.75, 3.05) is 11.1 Å². The van der Waals surface area contributed by atoms with E-state index < -0.39 is 0 Å². The summed E-state index contributed by atoms with van der Waals surface area (Å²) in [6.07, 6.45) is 0. The molecule has 0 saturated heterocycles. The first-order chi connectivity index (χ1) is 9.38. The average Bonchev–Trinajstić information content (AvgIpc) is 2.38. The van der Waals surface area contributed by atoms with Gasteiger partial charge in [0, 0.05) is 20.2 Å². The fraction of sp³-hybridized carbons (Fsp3) is 0. The molecule has 1 amide bonds. The summed E-state index contributed by atoms with van der Waals surface area (Å²) in [7, 11) is 0. The van der Waals surface area contributed by atoms with Crippen molar-refractivity contribution in [1.29, 1.82) is 0 Å². The summed E-state index contributed by atoms with van der Waals surface area (Å²) in [5, 5.41) is 3.32. The van der Waals surface area contributed by atoms with Gasteiger partial charge in [0.05, 0.1) is 15.7 Å². The zero-order valence-corrected chi connectivity index (χ0v) is 14.6. The van der Waals surface area contributed by atoms with Crippen molar-refractivity contribution in [1.82, 2.24) is 0 Å². The van der Waals surface area contributed by atoms with Crippen LogP contribution in [0.15, 0.2) is 39.3 Å². The Kier molecular flexibility index (Phi) is 4.96. The lowest BCUT2D eigenvalue weighted by Crippen LogP contribution is -2.12. The standard InChI is InChI=1S/C13H8Br2Cl2N2O/c14-7-3-6(4-8(18)5-7)13(20)19-10-2-1-9(15)11(16)12(10)17/h1-5H,18H2,(H,19,20). The lowest BCUT2D eigenvalue weighted by molar-refractivity contribution is 0.102. The van der Waals surface area contributed by atoms with Gasteiger partial charge in [0.15, 0.2) is 0 Å². The van der Waals surface area contributed by atoms with E-state index in [2.05, 4.69) is 37.2 Å². The Morgan fingerprint density at radius 1 is 1.10 bits per heavy atom. The second kappa shape index (κ2) is 6.35. The van der Waals surface area contributed by atoms with Crippen LogP contribution in [0.3, 0.4) is 0 Å². The first-order valence-electron chi connectivity index (χ1n) is 5.39. The number of carbonyl (C=O) groups excluding carboxylic acids is 1. The summed E-state index contributed by atoms with van der Waals surface area (Å²) >= 11 is 18.6. The third-order valence-electron chi connectivity index (χ3n) is 2.47. The van der Waals surface area contributed by atoms with Gasteiger partial charge in [0.25, 0.3) is 5.91 Å². The number of carbonyl (C=O) groups is 1. The van der Waals surface area contributed by atoms with E-state index in [9.17, 15) is 4.79 Å². The van der Waals surface area contributed by atoms with Crippen LogP contribution in [-0.2, 0) is 0 Å². The van der Waals surface area contributed by atoms with Crippen LogP contribution in [0.2, 0.25) is 10.0 Å². The van der Waals surface area contributed by atoms with E-state index in [1.807, 2.05) is 0 Å². The van der Waals surface area contributed by atoms with E-state index in [0.29, 0.717) is 26.4 Å². The molecule has 0 atom stereocenters. The van der Waals surface area contributed by atoms with E-state index in [1.165, 1.54) is 0 Å². The molecule has 0 saturated carbocycles. The van der Waals surface area contributed by atoms with Crippen LogP contribution in [0.25, 0.3) is 0 Å². The van der Waals surface area contributed by atoms with E-state index in [0.717, 1.165) is 4.47 Å². The molecule has 0 radical (unpaired) electrons. The monoisotopic (exact) mass is 436 g/mol. The minimum absolute atomic E-state index is 0.275. The van der Waals surface area contributed by atoms with Crippen LogP contribution in [0, 0.1) is 0 Å². The van der Waals surface area contributed by atoms with E-state index in [4.69, 9.17) is 28.9 Å². The lowest BCUT2D eigenvalue weighted by Gasteiger charge is -2.10. The van der Waals surface area contributed by atoms with Crippen molar-refractivity contribution in [2.45, 2.75) is 0 Å². The number of hydrogen-bond acceptors (Lipinski definition) is 2. The van der Waals surface area contributed by atoms with Crippen LogP contribution in [-0.4, -0.2) is 5.91 Å². The highest BCUT2D eigenvalue weighted by Gasteiger charge is 2.13. The number of amides is 1. The maximum absolute atomic E-state index is 12.2. The van der Waals surface area contributed by atoms with Crippen LogP contribution in [0.5, 0.6) is 0 Å². The number of halogens is 4. The normalized spacial score (nSPS) is 10.4. The molecule has 20 heavy (non-hydrogen) atoms. The average molecular weight is 439 g/mol. The number of rotatable bonds is 2. The largest absolute Gasteiger partial charge is 0.399 e. The van der Waals surface area contributed by atoms with Gasteiger partial charge in [-0.2, -0.15) is 0 Å². The van der Waals surface area contributed by atoms with Crippen molar-refractivity contribution in [3.05, 3.63) is 54.9 Å². The van der Waals surface area contributed by atoms with Crippen molar-refractivity contribution < 1.29 is 4.79 Å². The molecule has 0 heterocycles. The summed E-state index contributed by atoms with van der Waals surface area (Å²) in [4.78, 5) is 12.2. The molecule has 0 bridgehead atoms. The minimum Gasteiger partial charge on any atom is -0.399 e. The molecule has 2 aromatic carbocycles. The summed E-state index contributed by atoms with van der Waals surface area (Å²) in [5.74, 6) is -0.321. The lowest BCUT2D eigenvalue weighted by atomic mass is 10.2. The molecule has 0 aliphatic heterocycles. The summed E-state index contributed by atoms with van der Waals surface area (Å²) in [5.41, 5.74) is 7.05. The molecule has 0 unspecified atom stereocenters. The Morgan fingerprint density at radius 2 is 1.80 bits per heavy atom. The Balaban J connectivity index is 2.30. The van der Waals surface area contributed by atoms with Gasteiger partial charge < -0.3 is 11.1 Å². The van der Waals surface area contributed by atoms with Crippen LogP contribution in [0.4, 0.5) is 11.4 Å². The number of nitrogen functional groups attached to an aromatic ring is 1. The van der Waals surface area contributed by atoms with E-state index in [1.54, 1.807) is 30.3 Å². The number of hydrogen-bond donors (Lipinski definition) is 2. The molecule has 104 valence electrons. The summed E-state index contributed by atoms with van der Waals surface area (Å²) in [6.45, 7) is 0. The topological polar surface area (TPSA) is 55.1 Å². The fourth-order valence-electron chi connectivity index (χ4n) is 1.56. The highest BCUT2D eigenvalue weighted by molar-refractivity contribution is 9.10. The van der Waals surface area contributed by atoms with Gasteiger partial charge in [0.1, 0.15) is 0 Å². The number of benzene rings is 2. The van der Waals surface area contributed by atoms with Gasteiger partial charge in [-0.15, -0.1) is 0 Å². The molecule has 3 nitrogen and oxygen atoms in total. The molecule has 0 aliphatic rings. The molecule has 3 N–H and O–H groups in total. The Labute approximate surface area is 142 Å². The van der Waals surface area contributed by atoms with Crippen LogP contribution < -0.4 is 11.1 Å². The van der Waals surface area contributed by atoms with Crippen molar-refractivity contribution in [3.8, 4) is 0 Å². The fourth-order valence-corrected chi connectivity index (χ4v) is 2.89. The minimum atomic E-state index is -0.321. The number of nitrogens with one attached hydrogen (secondary N) is 1. The van der Waals surface area contributed by atoms with E-state index >= 15 is 0 Å². The molecular weight excluding hydrogens is 431 g/mol. The number of anilines is 2. The highest BCUT2D eigenvalue weighted by atomic mass is 79.9. The Bertz CT molecular complexity index is 672.